The van der Waals surface area contributed by atoms with E-state index in [0.29, 0.717) is 24.3 Å². The minimum Gasteiger partial charge on any atom is -0.465 e. The Morgan fingerprint density at radius 2 is 1.92 bits per heavy atom. The maximum absolute atomic E-state index is 12.7. The second kappa shape index (κ2) is 5.94. The lowest BCUT2D eigenvalue weighted by molar-refractivity contribution is -0.137. The smallest absolute Gasteiger partial charge is 0.416 e. The van der Waals surface area contributed by atoms with E-state index in [1.807, 2.05) is 0 Å². The summed E-state index contributed by atoms with van der Waals surface area (Å²) in [4.78, 5) is 12.6. The quantitative estimate of drug-likeness (QED) is 0.661. The van der Waals surface area contributed by atoms with Crippen molar-refractivity contribution in [3.05, 3.63) is 39.1 Å². The number of carbonyl (C=O) groups is 1. The van der Waals surface area contributed by atoms with E-state index in [1.54, 1.807) is 11.6 Å². The molecule has 1 atom stereocenters. The average Bonchev–Trinajstić information content (AvgIpc) is 2.84. The molecule has 1 N–H and O–H groups in total. The minimum absolute atomic E-state index is 0.327. The van der Waals surface area contributed by atoms with Gasteiger partial charge in [-0.15, -0.1) is 0 Å². The molecule has 5 nitrogen and oxygen atoms in total. The van der Waals surface area contributed by atoms with E-state index < -0.39 is 17.8 Å². The summed E-state index contributed by atoms with van der Waals surface area (Å²) >= 11 is 2.07. The summed E-state index contributed by atoms with van der Waals surface area (Å²) < 4.78 is 40.5. The molecule has 0 spiro atoms. The van der Waals surface area contributed by atoms with Crippen molar-refractivity contribution in [1.82, 2.24) is 14.7 Å². The molecule has 0 aliphatic carbocycles. The number of benzene rings is 1. The number of fused-ring (bicyclic) bond motifs is 1. The Balaban J connectivity index is 2.00. The van der Waals surface area contributed by atoms with Crippen molar-refractivity contribution in [3.63, 3.8) is 0 Å². The van der Waals surface area contributed by atoms with E-state index in [-0.39, 0.29) is 6.04 Å². The molecule has 9 heteroatoms. The van der Waals surface area contributed by atoms with Crippen molar-refractivity contribution >= 4 is 28.7 Å². The molecular weight excluding hydrogens is 438 g/mol. The second-order valence-electron chi connectivity index (χ2n) is 5.50. The molecule has 0 saturated carbocycles. The van der Waals surface area contributed by atoms with Gasteiger partial charge in [0.15, 0.2) is 0 Å². The van der Waals surface area contributed by atoms with Gasteiger partial charge in [-0.1, -0.05) is 12.1 Å². The summed E-state index contributed by atoms with van der Waals surface area (Å²) in [6.45, 7) is 2.52. The highest BCUT2D eigenvalue weighted by Gasteiger charge is 2.33. The van der Waals surface area contributed by atoms with Crippen LogP contribution >= 0.6 is 22.6 Å². The first kappa shape index (κ1) is 17.1. The Bertz CT molecular complexity index is 786. The number of rotatable bonds is 1. The number of alkyl halides is 3. The molecule has 1 aliphatic heterocycles. The van der Waals surface area contributed by atoms with E-state index in [2.05, 4.69) is 27.7 Å². The molecule has 1 aliphatic rings. The van der Waals surface area contributed by atoms with Crippen molar-refractivity contribution in [3.8, 4) is 11.3 Å². The minimum atomic E-state index is -4.38. The predicted molar refractivity (Wildman–Crippen MR) is 88.5 cm³/mol. The maximum Gasteiger partial charge on any atom is 0.416 e. The first-order chi connectivity index (χ1) is 11.2. The molecule has 0 fully saturated rings. The molecule has 1 aromatic heterocycles. The van der Waals surface area contributed by atoms with Gasteiger partial charge >= 0.3 is 12.3 Å². The molecule has 1 unspecified atom stereocenters. The lowest BCUT2D eigenvalue weighted by Crippen LogP contribution is -2.40. The van der Waals surface area contributed by atoms with Crippen LogP contribution in [0.1, 0.15) is 24.2 Å². The zero-order valence-electron chi connectivity index (χ0n) is 12.5. The van der Waals surface area contributed by atoms with Gasteiger partial charge in [-0.2, -0.15) is 18.3 Å². The highest BCUT2D eigenvalue weighted by Crippen LogP contribution is 2.36. The molecule has 0 saturated heterocycles. The Kier molecular flexibility index (Phi) is 4.22. The zero-order chi connectivity index (χ0) is 17.6. The number of nitrogens with zero attached hydrogens (tertiary/aromatic N) is 3. The van der Waals surface area contributed by atoms with Gasteiger partial charge in [0, 0.05) is 12.1 Å². The molecule has 0 radical (unpaired) electrons. The van der Waals surface area contributed by atoms with Crippen LogP contribution in [0.15, 0.2) is 24.3 Å². The molecule has 24 heavy (non-hydrogen) atoms. The van der Waals surface area contributed by atoms with Crippen molar-refractivity contribution in [1.29, 1.82) is 0 Å². The van der Waals surface area contributed by atoms with Crippen molar-refractivity contribution in [2.24, 2.45) is 0 Å². The first-order valence-electron chi connectivity index (χ1n) is 7.13. The molecule has 2 aromatic rings. The largest absolute Gasteiger partial charge is 0.465 e. The Hall–Kier alpha value is -1.78. The molecular formula is C15H13F3IN3O2. The second-order valence-corrected chi connectivity index (χ2v) is 6.58. The normalized spacial score (nSPS) is 17.7. The molecule has 128 valence electrons. The number of halogens is 4. The van der Waals surface area contributed by atoms with Crippen LogP contribution in [0.4, 0.5) is 18.0 Å². The van der Waals surface area contributed by atoms with Gasteiger partial charge in [-0.25, -0.2) is 4.79 Å². The highest BCUT2D eigenvalue weighted by molar-refractivity contribution is 14.1. The molecule has 2 heterocycles. The van der Waals surface area contributed by atoms with Gasteiger partial charge in [-0.05, 0) is 41.6 Å². The number of hydrogen-bond acceptors (Lipinski definition) is 2. The van der Waals surface area contributed by atoms with Gasteiger partial charge in [-0.3, -0.25) is 9.58 Å². The van der Waals surface area contributed by atoms with Gasteiger partial charge in [0.2, 0.25) is 0 Å². The van der Waals surface area contributed by atoms with Crippen molar-refractivity contribution in [2.75, 3.05) is 6.54 Å². The van der Waals surface area contributed by atoms with Gasteiger partial charge in [0.05, 0.1) is 27.4 Å². The summed E-state index contributed by atoms with van der Waals surface area (Å²) in [5.41, 5.74) is 1.19. The Morgan fingerprint density at radius 1 is 1.29 bits per heavy atom. The van der Waals surface area contributed by atoms with Gasteiger partial charge in [0.25, 0.3) is 0 Å². The van der Waals surface area contributed by atoms with E-state index in [0.717, 1.165) is 21.4 Å². The van der Waals surface area contributed by atoms with Crippen LogP contribution in [0.25, 0.3) is 11.3 Å². The SMILES string of the molecule is CC1c2c(I)c(-c3ccc(C(F)(F)F)cc3)nn2CCN1C(=O)O. The standard InChI is InChI=1S/C15H13F3IN3O2/c1-8-13-11(19)12(20-22(13)7-6-21(8)14(23)24)9-2-4-10(5-3-9)15(16,17)18/h2-5,8H,6-7H2,1H3,(H,23,24). The number of aromatic nitrogens is 2. The molecule has 1 aromatic carbocycles. The fourth-order valence-electron chi connectivity index (χ4n) is 2.83. The van der Waals surface area contributed by atoms with Crippen LogP contribution in [0.3, 0.4) is 0 Å². The average molecular weight is 451 g/mol. The molecule has 3 rings (SSSR count). The molecule has 1 amide bonds. The van der Waals surface area contributed by atoms with Crippen LogP contribution in [0, 0.1) is 3.57 Å². The van der Waals surface area contributed by atoms with E-state index >= 15 is 0 Å². The van der Waals surface area contributed by atoms with Crippen molar-refractivity contribution in [2.45, 2.75) is 25.7 Å². The fraction of sp³-hybridized carbons (Fsp3) is 0.333. The van der Waals surface area contributed by atoms with E-state index in [9.17, 15) is 23.1 Å². The summed E-state index contributed by atoms with van der Waals surface area (Å²) in [6, 6.07) is 4.46. The first-order valence-corrected chi connectivity index (χ1v) is 8.21. The summed E-state index contributed by atoms with van der Waals surface area (Å²) in [5.74, 6) is 0. The fourth-order valence-corrected chi connectivity index (χ4v) is 3.98. The number of hydrogen-bond donors (Lipinski definition) is 1. The third-order valence-corrected chi connectivity index (χ3v) is 5.14. The highest BCUT2D eigenvalue weighted by atomic mass is 127. The third-order valence-electron chi connectivity index (χ3n) is 4.08. The topological polar surface area (TPSA) is 58.4 Å². The van der Waals surface area contributed by atoms with Crippen molar-refractivity contribution < 1.29 is 23.1 Å². The van der Waals surface area contributed by atoms with Gasteiger partial charge < -0.3 is 5.11 Å². The summed E-state index contributed by atoms with van der Waals surface area (Å²) in [7, 11) is 0. The van der Waals surface area contributed by atoms with Crippen LogP contribution < -0.4 is 0 Å². The predicted octanol–water partition coefficient (Wildman–Crippen LogP) is 4.23. The van der Waals surface area contributed by atoms with Crippen LogP contribution in [0.2, 0.25) is 0 Å². The summed E-state index contributed by atoms with van der Waals surface area (Å²) in [5, 5.41) is 13.7. The Morgan fingerprint density at radius 3 is 2.46 bits per heavy atom. The zero-order valence-corrected chi connectivity index (χ0v) is 14.7. The monoisotopic (exact) mass is 451 g/mol. The third kappa shape index (κ3) is 2.85. The molecule has 0 bridgehead atoms. The summed E-state index contributed by atoms with van der Waals surface area (Å²) in [6.07, 6.45) is -5.38. The van der Waals surface area contributed by atoms with Crippen LogP contribution in [-0.4, -0.2) is 32.4 Å². The van der Waals surface area contributed by atoms with Crippen LogP contribution in [-0.2, 0) is 12.7 Å². The number of amides is 1. The number of carboxylic acid groups (broad SMARTS) is 1. The Labute approximate surface area is 149 Å². The maximum atomic E-state index is 12.7. The van der Waals surface area contributed by atoms with E-state index in [1.165, 1.54) is 17.0 Å². The lowest BCUT2D eigenvalue weighted by atomic mass is 10.1. The van der Waals surface area contributed by atoms with Crippen LogP contribution in [0.5, 0.6) is 0 Å². The van der Waals surface area contributed by atoms with Gasteiger partial charge in [0.1, 0.15) is 5.69 Å². The lowest BCUT2D eigenvalue weighted by Gasteiger charge is -2.31. The van der Waals surface area contributed by atoms with E-state index in [4.69, 9.17) is 0 Å².